The lowest BCUT2D eigenvalue weighted by Gasteiger charge is -2.47. The monoisotopic (exact) mass is 314 g/mol. The number of rotatable bonds is 2. The Kier molecular flexibility index (Phi) is 3.35. The predicted molar refractivity (Wildman–Crippen MR) is 88.2 cm³/mol. The van der Waals surface area contributed by atoms with Crippen LogP contribution in [-0.4, -0.2) is 52.6 Å². The number of nitrogens with zero attached hydrogens (tertiary/aromatic N) is 2. The minimum Gasteiger partial charge on any atom is -0.381 e. The lowest BCUT2D eigenvalue weighted by Crippen LogP contribution is -2.60. The highest BCUT2D eigenvalue weighted by molar-refractivity contribution is 8.01. The van der Waals surface area contributed by atoms with E-state index in [1.807, 2.05) is 47.0 Å². The van der Waals surface area contributed by atoms with Crippen molar-refractivity contribution in [2.45, 2.75) is 17.3 Å². The molecule has 114 valence electrons. The standard InChI is InChI=1S/C17H18N2O2S/c1-21-14-8-17(22-9-14)10-19(11-17)16(20)13-4-5-15-12(7-13)3-2-6-18-15/h2-7,14H,8-11H2,1H3/t14-/m0/s1. The molecule has 2 saturated heterocycles. The number of hydrogen-bond donors (Lipinski definition) is 0. The molecule has 2 aliphatic rings. The van der Waals surface area contributed by atoms with E-state index in [-0.39, 0.29) is 10.7 Å². The molecular formula is C17H18N2O2S. The van der Waals surface area contributed by atoms with Gasteiger partial charge in [0.1, 0.15) is 0 Å². The molecule has 4 rings (SSSR count). The lowest BCUT2D eigenvalue weighted by molar-refractivity contribution is 0.0452. The van der Waals surface area contributed by atoms with Crippen molar-refractivity contribution >= 4 is 28.6 Å². The maximum absolute atomic E-state index is 12.6. The van der Waals surface area contributed by atoms with Gasteiger partial charge in [-0.15, -0.1) is 11.8 Å². The number of thioether (sulfide) groups is 1. The van der Waals surface area contributed by atoms with E-state index >= 15 is 0 Å². The number of carbonyl (C=O) groups is 1. The Morgan fingerprint density at radius 1 is 1.41 bits per heavy atom. The van der Waals surface area contributed by atoms with Gasteiger partial charge in [-0.1, -0.05) is 6.07 Å². The molecule has 1 aromatic carbocycles. The van der Waals surface area contributed by atoms with Crippen LogP contribution in [0.15, 0.2) is 36.5 Å². The van der Waals surface area contributed by atoms with Gasteiger partial charge in [0.05, 0.1) is 16.4 Å². The van der Waals surface area contributed by atoms with Gasteiger partial charge in [0.15, 0.2) is 0 Å². The van der Waals surface area contributed by atoms with Crippen LogP contribution in [0, 0.1) is 0 Å². The van der Waals surface area contributed by atoms with Crippen molar-refractivity contribution in [1.82, 2.24) is 9.88 Å². The van der Waals surface area contributed by atoms with Crippen LogP contribution < -0.4 is 0 Å². The fourth-order valence-corrected chi connectivity index (χ4v) is 4.95. The van der Waals surface area contributed by atoms with Crippen molar-refractivity contribution in [2.75, 3.05) is 26.0 Å². The van der Waals surface area contributed by atoms with Crippen molar-refractivity contribution in [3.05, 3.63) is 42.1 Å². The zero-order valence-corrected chi connectivity index (χ0v) is 13.3. The third-order valence-electron chi connectivity index (χ3n) is 4.60. The zero-order valence-electron chi connectivity index (χ0n) is 12.5. The molecule has 0 saturated carbocycles. The number of likely N-dealkylation sites (tertiary alicyclic amines) is 1. The first-order valence-electron chi connectivity index (χ1n) is 7.50. The molecule has 1 spiro atoms. The number of carbonyl (C=O) groups excluding carboxylic acids is 1. The van der Waals surface area contributed by atoms with Crippen LogP contribution in [0.2, 0.25) is 0 Å². The van der Waals surface area contributed by atoms with E-state index in [4.69, 9.17) is 4.74 Å². The molecule has 1 amide bonds. The third kappa shape index (κ3) is 2.29. The van der Waals surface area contributed by atoms with Crippen LogP contribution >= 0.6 is 11.8 Å². The quantitative estimate of drug-likeness (QED) is 0.854. The predicted octanol–water partition coefficient (Wildman–Crippen LogP) is 2.58. The number of methoxy groups -OCH3 is 1. The van der Waals surface area contributed by atoms with E-state index in [0.29, 0.717) is 6.10 Å². The number of fused-ring (bicyclic) bond motifs is 1. The lowest BCUT2D eigenvalue weighted by atomic mass is 9.92. The maximum atomic E-state index is 12.6. The SMILES string of the molecule is CO[C@@H]1CSC2(C1)CN(C(=O)c1ccc3ncccc3c1)C2. The molecule has 2 fully saturated rings. The highest BCUT2D eigenvalue weighted by atomic mass is 32.2. The fraction of sp³-hybridized carbons (Fsp3) is 0.412. The van der Waals surface area contributed by atoms with E-state index in [9.17, 15) is 4.79 Å². The molecule has 0 bridgehead atoms. The van der Waals surface area contributed by atoms with Crippen LogP contribution in [0.3, 0.4) is 0 Å². The highest BCUT2D eigenvalue weighted by Crippen LogP contribution is 2.46. The van der Waals surface area contributed by atoms with Gasteiger partial charge in [0.25, 0.3) is 5.91 Å². The summed E-state index contributed by atoms with van der Waals surface area (Å²) in [6, 6.07) is 9.63. The van der Waals surface area contributed by atoms with Gasteiger partial charge >= 0.3 is 0 Å². The average Bonchev–Trinajstić information content (AvgIpc) is 2.97. The molecule has 22 heavy (non-hydrogen) atoms. The van der Waals surface area contributed by atoms with Gasteiger partial charge in [-0.2, -0.15) is 0 Å². The molecule has 1 aromatic heterocycles. The van der Waals surface area contributed by atoms with E-state index < -0.39 is 0 Å². The Morgan fingerprint density at radius 2 is 2.27 bits per heavy atom. The van der Waals surface area contributed by atoms with Crippen molar-refractivity contribution in [3.63, 3.8) is 0 Å². The smallest absolute Gasteiger partial charge is 0.253 e. The second-order valence-corrected chi connectivity index (χ2v) is 7.62. The first kappa shape index (κ1) is 14.0. The van der Waals surface area contributed by atoms with Crippen molar-refractivity contribution < 1.29 is 9.53 Å². The summed E-state index contributed by atoms with van der Waals surface area (Å²) >= 11 is 1.95. The largest absolute Gasteiger partial charge is 0.381 e. The Balaban J connectivity index is 1.48. The molecule has 2 aromatic rings. The summed E-state index contributed by atoms with van der Waals surface area (Å²) in [6.07, 6.45) is 3.17. The summed E-state index contributed by atoms with van der Waals surface area (Å²) in [4.78, 5) is 18.9. The second kappa shape index (κ2) is 5.25. The van der Waals surface area contributed by atoms with Crippen LogP contribution in [-0.2, 0) is 4.74 Å². The number of amides is 1. The molecule has 4 nitrogen and oxygen atoms in total. The Bertz CT molecular complexity index is 727. The Hall–Kier alpha value is -1.59. The van der Waals surface area contributed by atoms with Crippen LogP contribution in [0.25, 0.3) is 10.9 Å². The van der Waals surface area contributed by atoms with Gasteiger partial charge < -0.3 is 9.64 Å². The van der Waals surface area contributed by atoms with Gasteiger partial charge in [-0.25, -0.2) is 0 Å². The van der Waals surface area contributed by atoms with Gasteiger partial charge in [-0.05, 0) is 30.7 Å². The highest BCUT2D eigenvalue weighted by Gasteiger charge is 2.50. The van der Waals surface area contributed by atoms with Crippen LogP contribution in [0.1, 0.15) is 16.8 Å². The van der Waals surface area contributed by atoms with Crippen molar-refractivity contribution in [1.29, 1.82) is 0 Å². The Morgan fingerprint density at radius 3 is 3.05 bits per heavy atom. The summed E-state index contributed by atoms with van der Waals surface area (Å²) in [6.45, 7) is 1.67. The molecule has 2 aliphatic heterocycles. The molecule has 3 heterocycles. The number of hydrogen-bond acceptors (Lipinski definition) is 4. The first-order chi connectivity index (χ1) is 10.7. The van der Waals surface area contributed by atoms with E-state index in [0.717, 1.165) is 41.7 Å². The molecule has 1 atom stereocenters. The number of ether oxygens (including phenoxy) is 1. The third-order valence-corrected chi connectivity index (χ3v) is 6.18. The summed E-state index contributed by atoms with van der Waals surface area (Å²) in [7, 11) is 1.77. The molecule has 0 aliphatic carbocycles. The van der Waals surface area contributed by atoms with Crippen molar-refractivity contribution in [3.8, 4) is 0 Å². The second-order valence-electron chi connectivity index (χ2n) is 6.13. The minimum atomic E-state index is 0.123. The maximum Gasteiger partial charge on any atom is 0.253 e. The van der Waals surface area contributed by atoms with Crippen LogP contribution in [0.5, 0.6) is 0 Å². The number of pyridine rings is 1. The van der Waals surface area contributed by atoms with Gasteiger partial charge in [0.2, 0.25) is 0 Å². The summed E-state index contributed by atoms with van der Waals surface area (Å²) in [5.41, 5.74) is 1.68. The molecule has 0 radical (unpaired) electrons. The molecule has 0 N–H and O–H groups in total. The molecule has 5 heteroatoms. The average molecular weight is 314 g/mol. The topological polar surface area (TPSA) is 42.4 Å². The summed E-state index contributed by atoms with van der Waals surface area (Å²) < 4.78 is 5.67. The van der Waals surface area contributed by atoms with Gasteiger partial charge in [-0.3, -0.25) is 9.78 Å². The Labute approximate surface area is 133 Å². The van der Waals surface area contributed by atoms with E-state index in [1.54, 1.807) is 13.3 Å². The van der Waals surface area contributed by atoms with Gasteiger partial charge in [0, 0.05) is 43.1 Å². The zero-order chi connectivity index (χ0) is 15.2. The molecular weight excluding hydrogens is 296 g/mol. The summed E-state index contributed by atoms with van der Waals surface area (Å²) in [5.74, 6) is 1.16. The normalized spacial score (nSPS) is 23.0. The first-order valence-corrected chi connectivity index (χ1v) is 8.48. The number of benzene rings is 1. The summed E-state index contributed by atoms with van der Waals surface area (Å²) in [5, 5.41) is 1.01. The number of aromatic nitrogens is 1. The fourth-order valence-electron chi connectivity index (χ4n) is 3.36. The molecule has 0 unspecified atom stereocenters. The van der Waals surface area contributed by atoms with Crippen LogP contribution in [0.4, 0.5) is 0 Å². The van der Waals surface area contributed by atoms with E-state index in [2.05, 4.69) is 4.98 Å². The minimum absolute atomic E-state index is 0.123. The van der Waals surface area contributed by atoms with Crippen molar-refractivity contribution in [2.24, 2.45) is 0 Å². The van der Waals surface area contributed by atoms with E-state index in [1.165, 1.54) is 0 Å².